The number of nitrogens with zero attached hydrogens (tertiary/aromatic N) is 4. The predicted molar refractivity (Wildman–Crippen MR) is 147 cm³/mol. The van der Waals surface area contributed by atoms with Crippen molar-refractivity contribution in [1.29, 1.82) is 0 Å². The molecule has 0 saturated carbocycles. The van der Waals surface area contributed by atoms with Crippen LogP contribution in [0.5, 0.6) is 0 Å². The van der Waals surface area contributed by atoms with Crippen LogP contribution in [0.3, 0.4) is 0 Å². The highest BCUT2D eigenvalue weighted by atomic mass is 79.9. The number of carbonyl (C=O) groups is 2. The molecule has 0 bridgehead atoms. The second-order valence-corrected chi connectivity index (χ2v) is 8.96. The lowest BCUT2D eigenvalue weighted by molar-refractivity contribution is -0.154. The molecule has 0 unspecified atom stereocenters. The average molecular weight is 629 g/mol. The molecule has 12 heteroatoms. The van der Waals surface area contributed by atoms with Gasteiger partial charge in [0.25, 0.3) is 11.6 Å². The number of halogens is 2. The first-order valence-corrected chi connectivity index (χ1v) is 12.1. The van der Waals surface area contributed by atoms with Crippen LogP contribution in [0.25, 0.3) is 9.69 Å². The fourth-order valence-electron chi connectivity index (χ4n) is 2.05. The van der Waals surface area contributed by atoms with E-state index in [0.717, 1.165) is 11.1 Å². The lowest BCUT2D eigenvalue weighted by Gasteiger charge is -2.18. The summed E-state index contributed by atoms with van der Waals surface area (Å²) in [5.41, 5.74) is 5.30. The summed E-state index contributed by atoms with van der Waals surface area (Å²) >= 11 is 5.94. The lowest BCUT2D eigenvalue weighted by atomic mass is 9.97. The minimum atomic E-state index is -1.62. The fraction of sp³-hybridized carbons (Fsp3) is 0.417. The number of carboxylic acids is 1. The fourth-order valence-corrected chi connectivity index (χ4v) is 2.61. The quantitative estimate of drug-likeness (QED) is 0.268. The van der Waals surface area contributed by atoms with Gasteiger partial charge in [-0.05, 0) is 44.9 Å². The van der Waals surface area contributed by atoms with E-state index in [4.69, 9.17) is 29.1 Å². The van der Waals surface area contributed by atoms with Gasteiger partial charge in [0, 0.05) is 22.6 Å². The Morgan fingerprint density at radius 2 is 1.42 bits per heavy atom. The molecule has 0 aliphatic carbocycles. The van der Waals surface area contributed by atoms with Crippen molar-refractivity contribution in [1.82, 2.24) is 9.97 Å². The molecule has 2 heterocycles. The Morgan fingerprint density at radius 3 is 1.75 bits per heavy atom. The molecular weight excluding hydrogens is 598 g/mol. The van der Waals surface area contributed by atoms with Crippen LogP contribution in [0.15, 0.2) is 24.5 Å². The number of ketones is 1. The van der Waals surface area contributed by atoms with Crippen LogP contribution in [0.2, 0.25) is 0 Å². The zero-order chi connectivity index (χ0) is 27.4. The summed E-state index contributed by atoms with van der Waals surface area (Å²) in [7, 11) is 0. The summed E-state index contributed by atoms with van der Waals surface area (Å²) in [6, 6.07) is 3.49. The minimum Gasteiger partial charge on any atom is -0.479 e. The van der Waals surface area contributed by atoms with Crippen LogP contribution >= 0.6 is 31.9 Å². The van der Waals surface area contributed by atoms with Gasteiger partial charge in [0.15, 0.2) is 11.4 Å². The molecule has 2 aromatic heterocycles. The van der Waals surface area contributed by atoms with Gasteiger partial charge < -0.3 is 30.7 Å². The van der Waals surface area contributed by atoms with Gasteiger partial charge in [-0.3, -0.25) is 4.79 Å². The molecule has 2 atom stereocenters. The van der Waals surface area contributed by atoms with Crippen molar-refractivity contribution in [2.45, 2.75) is 52.7 Å². The number of anilines is 1. The molecule has 0 aliphatic rings. The summed E-state index contributed by atoms with van der Waals surface area (Å²) in [6.45, 7) is 19.8. The van der Waals surface area contributed by atoms with Crippen LogP contribution in [-0.4, -0.2) is 58.9 Å². The van der Waals surface area contributed by atoms with Gasteiger partial charge >= 0.3 is 5.97 Å². The number of nitrogen functional groups attached to an aromatic ring is 1. The largest absolute Gasteiger partial charge is 0.479 e. The van der Waals surface area contributed by atoms with Gasteiger partial charge in [0.2, 0.25) is 0 Å². The summed E-state index contributed by atoms with van der Waals surface area (Å²) in [5.74, 6) is -0.719. The number of aliphatic carboxylic acids is 1. The van der Waals surface area contributed by atoms with Crippen LogP contribution < -0.4 is 5.73 Å². The maximum Gasteiger partial charge on any atom is 0.336 e. The minimum absolute atomic E-state index is 0. The van der Waals surface area contributed by atoms with Gasteiger partial charge in [0.1, 0.15) is 18.0 Å². The highest BCUT2D eigenvalue weighted by Crippen LogP contribution is 2.18. The Labute approximate surface area is 228 Å². The van der Waals surface area contributed by atoms with E-state index in [0.29, 0.717) is 22.9 Å². The van der Waals surface area contributed by atoms with E-state index in [2.05, 4.69) is 51.5 Å². The highest BCUT2D eigenvalue weighted by molar-refractivity contribution is 9.09. The van der Waals surface area contributed by atoms with Gasteiger partial charge in [0.05, 0.1) is 5.69 Å². The molecule has 10 nitrogen and oxygen atoms in total. The molecule has 196 valence electrons. The number of aryl methyl sites for hydroxylation is 2. The SMILES string of the molecule is C.C[C@](O)(CBr)C(=O)O.[C-]#[N+]c1ncc(CC(=O)[C@@](C)(O)CBr)cc1C.[C-]#[N+]c1ncc(N)cc1C. The normalized spacial score (nSPS) is 12.8. The molecule has 0 saturated heterocycles. The molecule has 5 N–H and O–H groups in total. The third-order valence-electron chi connectivity index (χ3n) is 4.34. The summed E-state index contributed by atoms with van der Waals surface area (Å²) in [4.78, 5) is 36.0. The number of carboxylic acid groups (broad SMARTS) is 1. The van der Waals surface area contributed by atoms with Gasteiger partial charge in [-0.2, -0.15) is 0 Å². The molecule has 36 heavy (non-hydrogen) atoms. The number of aliphatic hydroxyl groups is 2. The maximum absolute atomic E-state index is 11.8. The Hall–Kier alpha value is -2.90. The predicted octanol–water partition coefficient (Wildman–Crippen LogP) is 4.57. The first kappa shape index (κ1) is 35.3. The first-order chi connectivity index (χ1) is 16.1. The van der Waals surface area contributed by atoms with Crippen molar-refractivity contribution < 1.29 is 24.9 Å². The standard InChI is InChI=1S/C12H13BrN2O2.C7H7N3.C4H7BrO3.CH4/c1-8-4-9(6-15-11(8)14-3)5-10(16)12(2,17)7-13;1-5-3-6(8)4-10-7(5)9-2;1-4(8,2-5)3(6)7;/h4,6,17H,5,7H2,1-2H3;3-4H,8H2,1H3;8H,2H2,1H3,(H,6,7);1H4/t12-;;4-;/m0.0./s1. The van der Waals surface area contributed by atoms with Crippen molar-refractivity contribution >= 4 is 60.9 Å². The van der Waals surface area contributed by atoms with E-state index >= 15 is 0 Å². The van der Waals surface area contributed by atoms with Crippen LogP contribution in [0.4, 0.5) is 17.3 Å². The van der Waals surface area contributed by atoms with E-state index in [9.17, 15) is 14.7 Å². The molecule has 2 rings (SSSR count). The summed E-state index contributed by atoms with van der Waals surface area (Å²) < 4.78 is 0. The zero-order valence-electron chi connectivity index (χ0n) is 19.7. The van der Waals surface area contributed by atoms with E-state index < -0.39 is 17.2 Å². The topological polar surface area (TPSA) is 155 Å². The lowest BCUT2D eigenvalue weighted by Crippen LogP contribution is -2.38. The smallest absolute Gasteiger partial charge is 0.336 e. The summed E-state index contributed by atoms with van der Waals surface area (Å²) in [6.07, 6.45) is 3.10. The van der Waals surface area contributed by atoms with Crippen LogP contribution in [-0.2, 0) is 16.0 Å². The zero-order valence-corrected chi connectivity index (χ0v) is 22.9. The number of alkyl halides is 2. The number of rotatable bonds is 6. The number of carbonyl (C=O) groups excluding carboxylic acids is 1. The van der Waals surface area contributed by atoms with Crippen molar-refractivity contribution in [3.8, 4) is 0 Å². The molecule has 0 aliphatic heterocycles. The number of aromatic nitrogens is 2. The molecule has 0 radical (unpaired) electrons. The molecule has 0 spiro atoms. The van der Waals surface area contributed by atoms with Crippen LogP contribution in [0, 0.1) is 27.0 Å². The Bertz CT molecular complexity index is 1120. The second kappa shape index (κ2) is 16.0. The molecular formula is C24H31Br2N5O5. The Kier molecular flexibility index (Phi) is 15.6. The van der Waals surface area contributed by atoms with Gasteiger partial charge in [-0.15, -0.1) is 9.97 Å². The molecule has 0 fully saturated rings. The van der Waals surface area contributed by atoms with Gasteiger partial charge in [-0.25, -0.2) is 4.79 Å². The average Bonchev–Trinajstić information content (AvgIpc) is 2.80. The third kappa shape index (κ3) is 11.7. The number of Topliss-reactive ketones (excluding diaryl/α,β-unsaturated/α-hetero) is 1. The number of nitrogens with two attached hydrogens (primary N) is 1. The van der Waals surface area contributed by atoms with Gasteiger partial charge in [-0.1, -0.05) is 58.5 Å². The number of pyridine rings is 2. The van der Waals surface area contributed by atoms with Crippen molar-refractivity contribution in [3.63, 3.8) is 0 Å². The third-order valence-corrected chi connectivity index (χ3v) is 6.52. The van der Waals surface area contributed by atoms with E-state index in [1.807, 2.05) is 6.92 Å². The first-order valence-electron chi connectivity index (χ1n) is 9.91. The molecule has 2 aromatic rings. The Morgan fingerprint density at radius 1 is 0.972 bits per heavy atom. The van der Waals surface area contributed by atoms with E-state index in [1.54, 1.807) is 19.1 Å². The van der Waals surface area contributed by atoms with Crippen molar-refractivity contribution in [2.24, 2.45) is 0 Å². The monoisotopic (exact) mass is 627 g/mol. The maximum atomic E-state index is 11.8. The van der Waals surface area contributed by atoms with Crippen molar-refractivity contribution in [2.75, 3.05) is 16.4 Å². The molecule has 0 amide bonds. The number of hydrogen-bond acceptors (Lipinski definition) is 7. The molecule has 0 aromatic carbocycles. The number of hydrogen-bond donors (Lipinski definition) is 4. The highest BCUT2D eigenvalue weighted by Gasteiger charge is 2.29. The van der Waals surface area contributed by atoms with E-state index in [-0.39, 0.29) is 30.3 Å². The van der Waals surface area contributed by atoms with E-state index in [1.165, 1.54) is 26.2 Å². The summed E-state index contributed by atoms with van der Waals surface area (Å²) in [5, 5.41) is 26.9. The second-order valence-electron chi connectivity index (χ2n) is 7.84. The van der Waals surface area contributed by atoms with Crippen molar-refractivity contribution in [3.05, 3.63) is 64.1 Å². The van der Waals surface area contributed by atoms with Crippen LogP contribution in [0.1, 0.15) is 38.0 Å². The Balaban J connectivity index is 0.